The maximum absolute atomic E-state index is 10.2. The number of nitrogens with zero attached hydrogens (tertiary/aromatic N) is 2. The van der Waals surface area contributed by atoms with Crippen LogP contribution >= 0.6 is 15.9 Å². The van der Waals surface area contributed by atoms with Crippen LogP contribution in [0.2, 0.25) is 0 Å². The molecule has 2 aromatic rings. The number of aromatic nitrogens is 2. The molecule has 1 atom stereocenters. The lowest BCUT2D eigenvalue weighted by Gasteiger charge is -2.12. The summed E-state index contributed by atoms with van der Waals surface area (Å²) in [6, 6.07) is 9.72. The summed E-state index contributed by atoms with van der Waals surface area (Å²) in [5, 5.41) is 14.5. The number of hydrogen-bond donors (Lipinski definition) is 1. The van der Waals surface area contributed by atoms with Crippen LogP contribution in [0.4, 0.5) is 0 Å². The predicted molar refractivity (Wildman–Crippen MR) is 70.8 cm³/mol. The van der Waals surface area contributed by atoms with Gasteiger partial charge in [0, 0.05) is 10.2 Å². The molecule has 0 amide bonds. The van der Waals surface area contributed by atoms with Gasteiger partial charge in [0.25, 0.3) is 0 Å². The number of aliphatic hydroxyl groups excluding tert-OH is 1. The number of aryl methyl sites for hydroxylation is 2. The number of aliphatic hydroxyl groups is 1. The van der Waals surface area contributed by atoms with Crippen LogP contribution in [-0.4, -0.2) is 14.9 Å². The molecule has 90 valence electrons. The molecule has 1 aromatic carbocycles. The number of benzene rings is 1. The second-order valence-electron chi connectivity index (χ2n) is 4.18. The van der Waals surface area contributed by atoms with Gasteiger partial charge in [-0.15, -0.1) is 0 Å². The van der Waals surface area contributed by atoms with E-state index in [1.54, 1.807) is 0 Å². The molecule has 0 aliphatic carbocycles. The summed E-state index contributed by atoms with van der Waals surface area (Å²) in [5.74, 6) is 0. The highest BCUT2D eigenvalue weighted by atomic mass is 79.9. The molecule has 1 N–H and O–H groups in total. The van der Waals surface area contributed by atoms with Crippen molar-refractivity contribution in [3.63, 3.8) is 0 Å². The normalized spacial score (nSPS) is 12.7. The van der Waals surface area contributed by atoms with Gasteiger partial charge >= 0.3 is 0 Å². The standard InChI is InChI=1S/C13H15BrN2O/c1-9-6-10(2)16(15-9)8-13(17)11-4-3-5-12(14)7-11/h3-7,13,17H,8H2,1-2H3/t13-/m1/s1. The summed E-state index contributed by atoms with van der Waals surface area (Å²) in [5.41, 5.74) is 2.94. The van der Waals surface area contributed by atoms with Gasteiger partial charge in [-0.2, -0.15) is 5.10 Å². The van der Waals surface area contributed by atoms with Crippen molar-refractivity contribution in [2.75, 3.05) is 0 Å². The Bertz CT molecular complexity index is 522. The van der Waals surface area contributed by atoms with E-state index in [4.69, 9.17) is 0 Å². The second kappa shape index (κ2) is 5.02. The van der Waals surface area contributed by atoms with Gasteiger partial charge in [0.05, 0.1) is 18.3 Å². The fourth-order valence-electron chi connectivity index (χ4n) is 1.84. The van der Waals surface area contributed by atoms with Gasteiger partial charge in [0.2, 0.25) is 0 Å². The van der Waals surface area contributed by atoms with Crippen LogP contribution in [0.25, 0.3) is 0 Å². The summed E-state index contributed by atoms with van der Waals surface area (Å²) in [6.45, 7) is 4.43. The van der Waals surface area contributed by atoms with Gasteiger partial charge in [-0.05, 0) is 37.6 Å². The van der Waals surface area contributed by atoms with E-state index in [-0.39, 0.29) is 0 Å². The molecule has 17 heavy (non-hydrogen) atoms. The number of halogens is 1. The van der Waals surface area contributed by atoms with E-state index in [1.165, 1.54) is 0 Å². The molecule has 0 radical (unpaired) electrons. The summed E-state index contributed by atoms with van der Waals surface area (Å²) in [6.07, 6.45) is -0.537. The largest absolute Gasteiger partial charge is 0.386 e. The minimum atomic E-state index is -0.537. The Labute approximate surface area is 109 Å². The predicted octanol–water partition coefficient (Wildman–Crippen LogP) is 3.00. The van der Waals surface area contributed by atoms with Gasteiger partial charge in [-0.3, -0.25) is 4.68 Å². The lowest BCUT2D eigenvalue weighted by atomic mass is 10.1. The SMILES string of the molecule is Cc1cc(C)n(C[C@@H](O)c2cccc(Br)c2)n1. The van der Waals surface area contributed by atoms with Crippen molar-refractivity contribution in [3.05, 3.63) is 51.8 Å². The number of rotatable bonds is 3. The first-order valence-corrected chi connectivity index (χ1v) is 6.30. The maximum atomic E-state index is 10.2. The highest BCUT2D eigenvalue weighted by Gasteiger charge is 2.11. The molecule has 0 fully saturated rings. The fraction of sp³-hybridized carbons (Fsp3) is 0.308. The van der Waals surface area contributed by atoms with Crippen LogP contribution in [0.1, 0.15) is 23.1 Å². The van der Waals surface area contributed by atoms with Gasteiger partial charge < -0.3 is 5.11 Å². The molecule has 0 aliphatic rings. The third kappa shape index (κ3) is 2.96. The Balaban J connectivity index is 2.16. The average molecular weight is 295 g/mol. The van der Waals surface area contributed by atoms with Crippen LogP contribution < -0.4 is 0 Å². The molecule has 0 aliphatic heterocycles. The van der Waals surface area contributed by atoms with Crippen molar-refractivity contribution in [1.29, 1.82) is 0 Å². The van der Waals surface area contributed by atoms with E-state index >= 15 is 0 Å². The van der Waals surface area contributed by atoms with Gasteiger partial charge in [0.1, 0.15) is 0 Å². The molecule has 0 bridgehead atoms. The molecule has 1 heterocycles. The Morgan fingerprint density at radius 2 is 2.12 bits per heavy atom. The topological polar surface area (TPSA) is 38.0 Å². The van der Waals surface area contributed by atoms with Crippen molar-refractivity contribution < 1.29 is 5.11 Å². The van der Waals surface area contributed by atoms with Crippen molar-refractivity contribution in [2.45, 2.75) is 26.5 Å². The first-order valence-electron chi connectivity index (χ1n) is 5.51. The third-order valence-corrected chi connectivity index (χ3v) is 3.18. The maximum Gasteiger partial charge on any atom is 0.0986 e. The monoisotopic (exact) mass is 294 g/mol. The van der Waals surface area contributed by atoms with Crippen molar-refractivity contribution >= 4 is 15.9 Å². The first-order chi connectivity index (χ1) is 8.06. The Hall–Kier alpha value is -1.13. The lowest BCUT2D eigenvalue weighted by molar-refractivity contribution is 0.150. The molecule has 1 aromatic heterocycles. The van der Waals surface area contributed by atoms with Gasteiger partial charge in [-0.25, -0.2) is 0 Å². The fourth-order valence-corrected chi connectivity index (χ4v) is 2.26. The molecule has 4 heteroatoms. The second-order valence-corrected chi connectivity index (χ2v) is 5.10. The zero-order valence-corrected chi connectivity index (χ0v) is 11.5. The molecular weight excluding hydrogens is 280 g/mol. The molecule has 0 spiro atoms. The molecule has 0 unspecified atom stereocenters. The summed E-state index contributed by atoms with van der Waals surface area (Å²) in [4.78, 5) is 0. The Morgan fingerprint density at radius 1 is 1.35 bits per heavy atom. The van der Waals surface area contributed by atoms with Crippen LogP contribution in [0.5, 0.6) is 0 Å². The van der Waals surface area contributed by atoms with Crippen LogP contribution in [0.15, 0.2) is 34.8 Å². The minimum absolute atomic E-state index is 0.482. The van der Waals surface area contributed by atoms with Crippen molar-refractivity contribution in [1.82, 2.24) is 9.78 Å². The molecule has 3 nitrogen and oxygen atoms in total. The van der Waals surface area contributed by atoms with Crippen LogP contribution in [0, 0.1) is 13.8 Å². The zero-order valence-electron chi connectivity index (χ0n) is 9.89. The lowest BCUT2D eigenvalue weighted by Crippen LogP contribution is -2.11. The minimum Gasteiger partial charge on any atom is -0.386 e. The highest BCUT2D eigenvalue weighted by molar-refractivity contribution is 9.10. The van der Waals surface area contributed by atoms with E-state index in [0.717, 1.165) is 21.4 Å². The molecular formula is C13H15BrN2O. The van der Waals surface area contributed by atoms with Gasteiger partial charge in [0.15, 0.2) is 0 Å². The molecule has 0 saturated carbocycles. The van der Waals surface area contributed by atoms with Crippen LogP contribution in [-0.2, 0) is 6.54 Å². The van der Waals surface area contributed by atoms with E-state index in [2.05, 4.69) is 21.0 Å². The summed E-state index contributed by atoms with van der Waals surface area (Å²) in [7, 11) is 0. The Morgan fingerprint density at radius 3 is 2.71 bits per heavy atom. The van der Waals surface area contributed by atoms with Gasteiger partial charge in [-0.1, -0.05) is 28.1 Å². The quantitative estimate of drug-likeness (QED) is 0.945. The van der Waals surface area contributed by atoms with E-state index in [9.17, 15) is 5.11 Å². The van der Waals surface area contributed by atoms with Crippen molar-refractivity contribution in [3.8, 4) is 0 Å². The van der Waals surface area contributed by atoms with E-state index in [1.807, 2.05) is 48.9 Å². The first kappa shape index (κ1) is 12.3. The summed E-state index contributed by atoms with van der Waals surface area (Å²) >= 11 is 3.40. The average Bonchev–Trinajstić information content (AvgIpc) is 2.57. The molecule has 2 rings (SSSR count). The molecule has 0 saturated heterocycles. The highest BCUT2D eigenvalue weighted by Crippen LogP contribution is 2.20. The third-order valence-electron chi connectivity index (χ3n) is 2.68. The smallest absolute Gasteiger partial charge is 0.0986 e. The zero-order chi connectivity index (χ0) is 12.4. The van der Waals surface area contributed by atoms with E-state index in [0.29, 0.717) is 6.54 Å². The van der Waals surface area contributed by atoms with E-state index < -0.39 is 6.10 Å². The van der Waals surface area contributed by atoms with Crippen LogP contribution in [0.3, 0.4) is 0 Å². The Kier molecular flexibility index (Phi) is 3.64. The summed E-state index contributed by atoms with van der Waals surface area (Å²) < 4.78 is 2.81. The van der Waals surface area contributed by atoms with Crippen molar-refractivity contribution in [2.24, 2.45) is 0 Å². The number of hydrogen-bond acceptors (Lipinski definition) is 2.